The molecule has 0 spiro atoms. The van der Waals surface area contributed by atoms with Crippen molar-refractivity contribution in [2.75, 3.05) is 53.0 Å². The monoisotopic (exact) mass is 412 g/mol. The Morgan fingerprint density at radius 2 is 1.87 bits per heavy atom. The Kier molecular flexibility index (Phi) is 8.52. The van der Waals surface area contributed by atoms with E-state index in [0.717, 1.165) is 69.9 Å². The largest absolute Gasteiger partial charge is 0.496 e. The van der Waals surface area contributed by atoms with Gasteiger partial charge in [0, 0.05) is 44.5 Å². The highest BCUT2D eigenvalue weighted by Gasteiger charge is 2.17. The van der Waals surface area contributed by atoms with Crippen molar-refractivity contribution in [2.24, 2.45) is 5.92 Å². The van der Waals surface area contributed by atoms with Gasteiger partial charge in [-0.15, -0.1) is 0 Å². The van der Waals surface area contributed by atoms with Crippen LogP contribution in [0.4, 0.5) is 0 Å². The lowest BCUT2D eigenvalue weighted by Crippen LogP contribution is -2.40. The molecular weight excluding hydrogens is 376 g/mol. The number of methoxy groups -OCH3 is 1. The number of nitrogens with zero attached hydrogens (tertiary/aromatic N) is 2. The molecule has 164 valence electrons. The van der Waals surface area contributed by atoms with Gasteiger partial charge in [-0.05, 0) is 35.8 Å². The smallest absolute Gasteiger partial charge is 0.222 e. The fourth-order valence-corrected chi connectivity index (χ4v) is 4.20. The van der Waals surface area contributed by atoms with Crippen LogP contribution in [0.2, 0.25) is 0 Å². The quantitative estimate of drug-likeness (QED) is 0.592. The van der Waals surface area contributed by atoms with Crippen molar-refractivity contribution in [2.45, 2.75) is 33.1 Å². The molecule has 0 radical (unpaired) electrons. The maximum atomic E-state index is 13.1. The third-order valence-electron chi connectivity index (χ3n) is 5.75. The standard InChI is InChI=1S/C25H36N2O3/c1-20(2)19-27(14-6-13-26-15-17-30-18-16-26)25(28)12-10-21-9-11-24(29-3)23-8-5-4-7-22(21)23/h4-5,7-9,11,20H,6,10,12-19H2,1-3H3. The van der Waals surface area contributed by atoms with Gasteiger partial charge in [-0.1, -0.05) is 44.2 Å². The van der Waals surface area contributed by atoms with Crippen LogP contribution in [0.25, 0.3) is 10.8 Å². The summed E-state index contributed by atoms with van der Waals surface area (Å²) >= 11 is 0. The molecule has 0 N–H and O–H groups in total. The van der Waals surface area contributed by atoms with Crippen LogP contribution in [-0.2, 0) is 16.0 Å². The SMILES string of the molecule is COc1ccc(CCC(=O)N(CCCN2CCOCC2)CC(C)C)c2ccccc12. The van der Waals surface area contributed by atoms with E-state index in [1.165, 1.54) is 10.9 Å². The van der Waals surface area contributed by atoms with E-state index < -0.39 is 0 Å². The first-order valence-corrected chi connectivity index (χ1v) is 11.2. The van der Waals surface area contributed by atoms with Gasteiger partial charge in [0.05, 0.1) is 20.3 Å². The summed E-state index contributed by atoms with van der Waals surface area (Å²) < 4.78 is 10.9. The van der Waals surface area contributed by atoms with Gasteiger partial charge in [0.2, 0.25) is 5.91 Å². The van der Waals surface area contributed by atoms with Crippen LogP contribution in [0.1, 0.15) is 32.3 Å². The normalized spacial score (nSPS) is 14.9. The molecule has 1 saturated heterocycles. The number of carbonyl (C=O) groups excluding carboxylic acids is 1. The highest BCUT2D eigenvalue weighted by Crippen LogP contribution is 2.29. The molecule has 5 heteroatoms. The second kappa shape index (κ2) is 11.3. The fourth-order valence-electron chi connectivity index (χ4n) is 4.20. The minimum atomic E-state index is 0.255. The molecule has 3 rings (SSSR count). The lowest BCUT2D eigenvalue weighted by molar-refractivity contribution is -0.131. The van der Waals surface area contributed by atoms with Crippen LogP contribution < -0.4 is 4.74 Å². The number of aryl methyl sites for hydroxylation is 1. The lowest BCUT2D eigenvalue weighted by atomic mass is 9.99. The number of amides is 1. The Morgan fingerprint density at radius 1 is 1.13 bits per heavy atom. The number of carbonyl (C=O) groups is 1. The minimum absolute atomic E-state index is 0.255. The Balaban J connectivity index is 1.59. The molecule has 0 atom stereocenters. The fraction of sp³-hybridized carbons (Fsp3) is 0.560. The number of hydrogen-bond acceptors (Lipinski definition) is 4. The topological polar surface area (TPSA) is 42.0 Å². The third kappa shape index (κ3) is 6.19. The maximum Gasteiger partial charge on any atom is 0.222 e. The van der Waals surface area contributed by atoms with Crippen molar-refractivity contribution in [1.82, 2.24) is 9.80 Å². The molecule has 1 aliphatic heterocycles. The van der Waals surface area contributed by atoms with Crippen molar-refractivity contribution >= 4 is 16.7 Å². The van der Waals surface area contributed by atoms with Gasteiger partial charge in [-0.2, -0.15) is 0 Å². The van der Waals surface area contributed by atoms with Gasteiger partial charge in [0.15, 0.2) is 0 Å². The summed E-state index contributed by atoms with van der Waals surface area (Å²) in [6.07, 6.45) is 2.31. The molecule has 5 nitrogen and oxygen atoms in total. The number of hydrogen-bond donors (Lipinski definition) is 0. The van der Waals surface area contributed by atoms with E-state index in [1.54, 1.807) is 7.11 Å². The molecule has 30 heavy (non-hydrogen) atoms. The van der Waals surface area contributed by atoms with Crippen molar-refractivity contribution in [3.8, 4) is 5.75 Å². The highest BCUT2D eigenvalue weighted by molar-refractivity contribution is 5.91. The van der Waals surface area contributed by atoms with E-state index in [1.807, 2.05) is 18.2 Å². The number of fused-ring (bicyclic) bond motifs is 1. The van der Waals surface area contributed by atoms with Crippen LogP contribution in [0, 0.1) is 5.92 Å². The zero-order chi connectivity index (χ0) is 21.3. The zero-order valence-corrected chi connectivity index (χ0v) is 18.7. The zero-order valence-electron chi connectivity index (χ0n) is 18.7. The number of ether oxygens (including phenoxy) is 2. The highest BCUT2D eigenvalue weighted by atomic mass is 16.5. The molecule has 0 aliphatic carbocycles. The van der Waals surface area contributed by atoms with Crippen LogP contribution in [0.15, 0.2) is 36.4 Å². The first-order chi connectivity index (χ1) is 14.6. The van der Waals surface area contributed by atoms with Crippen molar-refractivity contribution in [1.29, 1.82) is 0 Å². The molecular formula is C25H36N2O3. The van der Waals surface area contributed by atoms with Gasteiger partial charge >= 0.3 is 0 Å². The Morgan fingerprint density at radius 3 is 2.57 bits per heavy atom. The van der Waals surface area contributed by atoms with E-state index in [9.17, 15) is 4.79 Å². The Bertz CT molecular complexity index is 815. The van der Waals surface area contributed by atoms with Crippen LogP contribution in [0.3, 0.4) is 0 Å². The van der Waals surface area contributed by atoms with E-state index in [-0.39, 0.29) is 5.91 Å². The molecule has 2 aromatic carbocycles. The van der Waals surface area contributed by atoms with E-state index >= 15 is 0 Å². The van der Waals surface area contributed by atoms with Crippen LogP contribution >= 0.6 is 0 Å². The van der Waals surface area contributed by atoms with Gasteiger partial charge in [0.25, 0.3) is 0 Å². The molecule has 0 saturated carbocycles. The molecule has 0 aromatic heterocycles. The minimum Gasteiger partial charge on any atom is -0.496 e. The summed E-state index contributed by atoms with van der Waals surface area (Å²) in [5.74, 6) is 1.61. The van der Waals surface area contributed by atoms with Crippen molar-refractivity contribution in [3.05, 3.63) is 42.0 Å². The summed E-state index contributed by atoms with van der Waals surface area (Å²) in [6, 6.07) is 12.4. The molecule has 1 amide bonds. The first-order valence-electron chi connectivity index (χ1n) is 11.2. The van der Waals surface area contributed by atoms with Crippen molar-refractivity contribution < 1.29 is 14.3 Å². The number of morpholine rings is 1. The Labute approximate surface area is 180 Å². The predicted molar refractivity (Wildman–Crippen MR) is 122 cm³/mol. The Hall–Kier alpha value is -2.11. The second-order valence-electron chi connectivity index (χ2n) is 8.51. The summed E-state index contributed by atoms with van der Waals surface area (Å²) in [5, 5.41) is 2.28. The third-order valence-corrected chi connectivity index (χ3v) is 5.75. The lowest BCUT2D eigenvalue weighted by Gasteiger charge is -2.29. The maximum absolute atomic E-state index is 13.1. The predicted octanol–water partition coefficient (Wildman–Crippen LogP) is 3.99. The average molecular weight is 413 g/mol. The summed E-state index contributed by atoms with van der Waals surface area (Å²) in [6.45, 7) is 10.7. The molecule has 2 aromatic rings. The molecule has 0 unspecified atom stereocenters. The second-order valence-corrected chi connectivity index (χ2v) is 8.51. The van der Waals surface area contributed by atoms with Crippen molar-refractivity contribution in [3.63, 3.8) is 0 Å². The summed E-state index contributed by atoms with van der Waals surface area (Å²) in [4.78, 5) is 17.6. The van der Waals surface area contributed by atoms with Crippen LogP contribution in [0.5, 0.6) is 5.75 Å². The van der Waals surface area contributed by atoms with E-state index in [2.05, 4.69) is 41.8 Å². The van der Waals surface area contributed by atoms with Gasteiger partial charge in [-0.3, -0.25) is 9.69 Å². The summed E-state index contributed by atoms with van der Waals surface area (Å²) in [7, 11) is 1.70. The molecule has 1 fully saturated rings. The van der Waals surface area contributed by atoms with Gasteiger partial charge in [-0.25, -0.2) is 0 Å². The number of rotatable bonds is 10. The molecule has 1 aliphatic rings. The van der Waals surface area contributed by atoms with E-state index in [0.29, 0.717) is 12.3 Å². The van der Waals surface area contributed by atoms with Gasteiger partial charge < -0.3 is 14.4 Å². The average Bonchev–Trinajstić information content (AvgIpc) is 2.77. The molecule has 0 bridgehead atoms. The van der Waals surface area contributed by atoms with E-state index in [4.69, 9.17) is 9.47 Å². The molecule has 1 heterocycles. The van der Waals surface area contributed by atoms with Crippen LogP contribution in [-0.4, -0.2) is 68.8 Å². The summed E-state index contributed by atoms with van der Waals surface area (Å²) in [5.41, 5.74) is 1.21. The number of benzene rings is 2. The first kappa shape index (κ1) is 22.6. The van der Waals surface area contributed by atoms with Gasteiger partial charge in [0.1, 0.15) is 5.75 Å².